The van der Waals surface area contributed by atoms with Crippen molar-refractivity contribution in [3.8, 4) is 11.3 Å². The molecule has 0 aliphatic carbocycles. The Morgan fingerprint density at radius 1 is 1.14 bits per heavy atom. The first-order valence-corrected chi connectivity index (χ1v) is 9.12. The molecule has 1 amide bonds. The van der Waals surface area contributed by atoms with Crippen LogP contribution in [0.3, 0.4) is 0 Å². The number of alkyl halides is 3. The van der Waals surface area contributed by atoms with Crippen LogP contribution in [0, 0.1) is 0 Å². The van der Waals surface area contributed by atoms with Crippen LogP contribution in [0.25, 0.3) is 11.3 Å². The smallest absolute Gasteiger partial charge is 0.280 e. The number of thioether (sulfide) groups is 1. The zero-order valence-electron chi connectivity index (χ0n) is 14.9. The normalized spacial score (nSPS) is 10.3. The second-order valence-corrected chi connectivity index (χ2v) is 6.21. The van der Waals surface area contributed by atoms with Crippen molar-refractivity contribution in [2.24, 2.45) is 0 Å². The van der Waals surface area contributed by atoms with Crippen LogP contribution in [0.1, 0.15) is 17.9 Å². The molecule has 0 fully saturated rings. The molecule has 0 unspecified atom stereocenters. The molecule has 3 rings (SSSR count). The van der Waals surface area contributed by atoms with E-state index in [4.69, 9.17) is 4.42 Å². The third-order valence-corrected chi connectivity index (χ3v) is 4.24. The van der Waals surface area contributed by atoms with Crippen molar-refractivity contribution in [2.75, 3.05) is 12.9 Å². The summed E-state index contributed by atoms with van der Waals surface area (Å²) in [4.78, 5) is 20.0. The van der Waals surface area contributed by atoms with Crippen LogP contribution >= 0.6 is 11.8 Å². The van der Waals surface area contributed by atoms with Gasteiger partial charge in [0.25, 0.3) is 6.43 Å². The van der Waals surface area contributed by atoms with E-state index in [1.165, 1.54) is 12.3 Å². The molecule has 0 saturated heterocycles. The molecule has 2 aromatic heterocycles. The molecule has 0 spiro atoms. The van der Waals surface area contributed by atoms with Crippen LogP contribution in [0.4, 0.5) is 13.2 Å². The van der Waals surface area contributed by atoms with Crippen molar-refractivity contribution < 1.29 is 22.4 Å². The highest BCUT2D eigenvalue weighted by Gasteiger charge is 2.15. The van der Waals surface area contributed by atoms with Gasteiger partial charge in [0, 0.05) is 5.56 Å². The molecule has 0 radical (unpaired) electrons. The second-order valence-electron chi connectivity index (χ2n) is 5.27. The van der Waals surface area contributed by atoms with E-state index in [0.717, 1.165) is 11.8 Å². The molecular weight excluding hydrogens is 391 g/mol. The van der Waals surface area contributed by atoms with Gasteiger partial charge in [0.2, 0.25) is 5.91 Å². The van der Waals surface area contributed by atoms with Gasteiger partial charge in [0.1, 0.15) is 11.5 Å². The summed E-state index contributed by atoms with van der Waals surface area (Å²) in [7, 11) is 0.500. The molecule has 1 aromatic carbocycles. The van der Waals surface area contributed by atoms with Crippen LogP contribution < -0.4 is 5.32 Å². The molecule has 9 heteroatoms. The average Bonchev–Trinajstić information content (AvgIpc) is 3.26. The van der Waals surface area contributed by atoms with E-state index in [1.807, 2.05) is 6.07 Å². The fourth-order valence-corrected chi connectivity index (χ4v) is 2.85. The highest BCUT2D eigenvalue weighted by Crippen LogP contribution is 2.26. The van der Waals surface area contributed by atoms with Crippen LogP contribution in [0.15, 0.2) is 64.4 Å². The van der Waals surface area contributed by atoms with Crippen molar-refractivity contribution >= 4 is 17.7 Å². The fraction of sp³-hybridized carbons (Fsp3) is 0.211. The molecule has 28 heavy (non-hydrogen) atoms. The summed E-state index contributed by atoms with van der Waals surface area (Å²) in [5.74, 6) is 0.381. The predicted octanol–water partition coefficient (Wildman–Crippen LogP) is 4.67. The summed E-state index contributed by atoms with van der Waals surface area (Å²) in [6, 6.07) is 13.7. The van der Waals surface area contributed by atoms with Crippen molar-refractivity contribution in [1.82, 2.24) is 15.3 Å². The molecule has 1 N–H and O–H groups in total. The zero-order chi connectivity index (χ0) is 20.4. The van der Waals surface area contributed by atoms with E-state index in [1.54, 1.807) is 36.4 Å². The summed E-state index contributed by atoms with van der Waals surface area (Å²) in [6.45, 7) is 0.263. The Hall–Kier alpha value is -2.81. The average molecular weight is 409 g/mol. The van der Waals surface area contributed by atoms with Gasteiger partial charge in [-0.15, -0.1) is 0 Å². The number of nitrogens with one attached hydrogen (secondary N) is 1. The number of halogens is 3. The summed E-state index contributed by atoms with van der Waals surface area (Å²) < 4.78 is 40.9. The number of carbonyl (C=O) groups excluding carboxylic acids is 1. The maximum absolute atomic E-state index is 13.1. The van der Waals surface area contributed by atoms with Crippen LogP contribution in [-0.4, -0.2) is 28.8 Å². The Kier molecular flexibility index (Phi) is 8.54. The lowest BCUT2D eigenvalue weighted by Crippen LogP contribution is -2.24. The van der Waals surface area contributed by atoms with Gasteiger partial charge < -0.3 is 9.73 Å². The van der Waals surface area contributed by atoms with E-state index >= 15 is 0 Å². The van der Waals surface area contributed by atoms with Gasteiger partial charge in [-0.2, -0.15) is 0 Å². The van der Waals surface area contributed by atoms with E-state index in [2.05, 4.69) is 15.3 Å². The highest BCUT2D eigenvalue weighted by atomic mass is 32.2. The number of hydrogen-bond acceptors (Lipinski definition) is 5. The molecule has 5 nitrogen and oxygen atoms in total. The highest BCUT2D eigenvalue weighted by molar-refractivity contribution is 7.99. The summed E-state index contributed by atoms with van der Waals surface area (Å²) in [5.41, 5.74) is 0.743. The zero-order valence-corrected chi connectivity index (χ0v) is 15.8. The quantitative estimate of drug-likeness (QED) is 0.454. The molecule has 0 aliphatic rings. The van der Waals surface area contributed by atoms with Crippen LogP contribution in [0.5, 0.6) is 0 Å². The number of hydrogen-bond donors (Lipinski definition) is 1. The number of carbonyl (C=O) groups is 1. The second kappa shape index (κ2) is 11.1. The Morgan fingerprint density at radius 2 is 1.89 bits per heavy atom. The molecule has 0 atom stereocenters. The molecule has 3 aromatic rings. The minimum Gasteiger partial charge on any atom is -0.467 e. The van der Waals surface area contributed by atoms with Crippen molar-refractivity contribution in [3.63, 3.8) is 0 Å². The topological polar surface area (TPSA) is 68.0 Å². The SMILES string of the molecule is CF.O=C(CSc1nc(-c2ccccc2)cc(C(F)F)n1)NCc1ccco1. The molecule has 0 aliphatic heterocycles. The molecule has 2 heterocycles. The third kappa shape index (κ3) is 6.41. The van der Waals surface area contributed by atoms with Crippen molar-refractivity contribution in [2.45, 2.75) is 18.1 Å². The van der Waals surface area contributed by atoms with Gasteiger partial charge in [0.05, 0.1) is 31.4 Å². The number of benzene rings is 1. The maximum atomic E-state index is 13.1. The summed E-state index contributed by atoms with van der Waals surface area (Å²) in [5, 5.41) is 2.82. The lowest BCUT2D eigenvalue weighted by atomic mass is 10.1. The van der Waals surface area contributed by atoms with Gasteiger partial charge in [-0.25, -0.2) is 18.7 Å². The first-order chi connectivity index (χ1) is 13.6. The van der Waals surface area contributed by atoms with Crippen molar-refractivity contribution in [3.05, 3.63) is 66.2 Å². The summed E-state index contributed by atoms with van der Waals surface area (Å²) in [6.07, 6.45) is -1.20. The number of rotatable bonds is 7. The Morgan fingerprint density at radius 3 is 2.54 bits per heavy atom. The minimum atomic E-state index is -2.72. The standard InChI is InChI=1S/C18H15F2N3O2S.CH3F/c19-17(20)15-9-14(12-5-2-1-3-6-12)22-18(23-15)26-11-16(24)21-10-13-7-4-8-25-13;1-2/h1-9,17H,10-11H2,(H,21,24);1H3. The third-order valence-electron chi connectivity index (χ3n) is 3.39. The molecule has 148 valence electrons. The Bertz CT molecular complexity index is 862. The molecular formula is C19H18F3N3O2S. The number of aromatic nitrogens is 2. The largest absolute Gasteiger partial charge is 0.467 e. The summed E-state index contributed by atoms with van der Waals surface area (Å²) >= 11 is 1.01. The van der Waals surface area contributed by atoms with E-state index in [-0.39, 0.29) is 29.1 Å². The monoisotopic (exact) mass is 409 g/mol. The maximum Gasteiger partial charge on any atom is 0.280 e. The van der Waals surface area contributed by atoms with Gasteiger partial charge >= 0.3 is 0 Å². The first kappa shape index (κ1) is 21.5. The molecule has 0 saturated carbocycles. The van der Waals surface area contributed by atoms with Crippen LogP contribution in [-0.2, 0) is 11.3 Å². The van der Waals surface area contributed by atoms with Gasteiger partial charge in [-0.1, -0.05) is 42.1 Å². The first-order valence-electron chi connectivity index (χ1n) is 8.14. The van der Waals surface area contributed by atoms with Gasteiger partial charge in [0.15, 0.2) is 5.16 Å². The van der Waals surface area contributed by atoms with Gasteiger partial charge in [-0.05, 0) is 18.2 Å². The van der Waals surface area contributed by atoms with Crippen LogP contribution in [0.2, 0.25) is 0 Å². The van der Waals surface area contributed by atoms with E-state index in [0.29, 0.717) is 24.2 Å². The number of amides is 1. The van der Waals surface area contributed by atoms with Crippen molar-refractivity contribution in [1.29, 1.82) is 0 Å². The lowest BCUT2D eigenvalue weighted by molar-refractivity contribution is -0.118. The fourth-order valence-electron chi connectivity index (χ4n) is 2.16. The minimum absolute atomic E-state index is 0.0155. The lowest BCUT2D eigenvalue weighted by Gasteiger charge is -2.08. The number of furan rings is 1. The molecule has 0 bridgehead atoms. The Balaban J connectivity index is 0.00000136. The number of nitrogens with zero attached hydrogens (tertiary/aromatic N) is 2. The van der Waals surface area contributed by atoms with E-state index in [9.17, 15) is 18.0 Å². The predicted molar refractivity (Wildman–Crippen MR) is 101 cm³/mol. The van der Waals surface area contributed by atoms with Gasteiger partial charge in [-0.3, -0.25) is 9.18 Å². The van der Waals surface area contributed by atoms with E-state index < -0.39 is 6.43 Å². The Labute approximate surface area is 164 Å².